The Balaban J connectivity index is 2.19. The van der Waals surface area contributed by atoms with Crippen LogP contribution in [0.15, 0.2) is 48.5 Å². The fourth-order valence-corrected chi connectivity index (χ4v) is 2.16. The predicted molar refractivity (Wildman–Crippen MR) is 80.7 cm³/mol. The van der Waals surface area contributed by atoms with Crippen LogP contribution in [0.1, 0.15) is 11.1 Å². The fourth-order valence-electron chi connectivity index (χ4n) is 2.16. The molecule has 0 aliphatic carbocycles. The zero-order valence-electron chi connectivity index (χ0n) is 11.4. The molecule has 0 radical (unpaired) electrons. The molecule has 2 rings (SSSR count). The Kier molecular flexibility index (Phi) is 4.25. The maximum absolute atomic E-state index is 10.9. The quantitative estimate of drug-likeness (QED) is 0.819. The number of nitrogen functional groups attached to an aromatic ring is 1. The van der Waals surface area contributed by atoms with Gasteiger partial charge in [0.1, 0.15) is 0 Å². The summed E-state index contributed by atoms with van der Waals surface area (Å²) in [6.45, 7) is 0.646. The molecule has 2 aromatic carbocycles. The molecule has 0 spiro atoms. The van der Waals surface area contributed by atoms with Gasteiger partial charge in [0, 0.05) is 25.0 Å². The van der Waals surface area contributed by atoms with E-state index in [1.807, 2.05) is 55.6 Å². The van der Waals surface area contributed by atoms with E-state index in [0.29, 0.717) is 12.2 Å². The third-order valence-electron chi connectivity index (χ3n) is 3.18. The third-order valence-corrected chi connectivity index (χ3v) is 3.18. The fraction of sp³-hybridized carbons (Fsp3) is 0.188. The molecule has 2 aromatic rings. The number of carboxylic acid groups (broad SMARTS) is 1. The van der Waals surface area contributed by atoms with Gasteiger partial charge in [-0.2, -0.15) is 0 Å². The van der Waals surface area contributed by atoms with Gasteiger partial charge in [0.2, 0.25) is 0 Å². The standard InChI is InChI=1S/C16H18N2O2/c1-18(15-8-4-7-14(17)10-15)11-13-6-3-2-5-12(13)9-16(19)20/h2-8,10H,9,11,17H2,1H3,(H,19,20). The van der Waals surface area contributed by atoms with Crippen LogP contribution < -0.4 is 10.6 Å². The molecule has 0 unspecified atom stereocenters. The molecule has 104 valence electrons. The van der Waals surface area contributed by atoms with Crippen LogP contribution in [0.25, 0.3) is 0 Å². The van der Waals surface area contributed by atoms with Gasteiger partial charge in [-0.1, -0.05) is 30.3 Å². The number of nitrogens with zero attached hydrogens (tertiary/aromatic N) is 1. The summed E-state index contributed by atoms with van der Waals surface area (Å²) in [4.78, 5) is 12.9. The van der Waals surface area contributed by atoms with Crippen molar-refractivity contribution in [3.63, 3.8) is 0 Å². The van der Waals surface area contributed by atoms with E-state index in [2.05, 4.69) is 4.90 Å². The van der Waals surface area contributed by atoms with Crippen LogP contribution in [0, 0.1) is 0 Å². The van der Waals surface area contributed by atoms with Crippen LogP contribution in [0.5, 0.6) is 0 Å². The number of nitrogens with two attached hydrogens (primary N) is 1. The molecule has 0 amide bonds. The Morgan fingerprint density at radius 2 is 1.85 bits per heavy atom. The Labute approximate surface area is 118 Å². The maximum atomic E-state index is 10.9. The number of hydrogen-bond acceptors (Lipinski definition) is 3. The zero-order chi connectivity index (χ0) is 14.5. The van der Waals surface area contributed by atoms with Crippen molar-refractivity contribution in [1.29, 1.82) is 0 Å². The first kappa shape index (κ1) is 13.9. The van der Waals surface area contributed by atoms with Crippen LogP contribution in [0.2, 0.25) is 0 Å². The Bertz CT molecular complexity index is 611. The van der Waals surface area contributed by atoms with Crippen LogP contribution in [0.4, 0.5) is 11.4 Å². The molecule has 0 aliphatic heterocycles. The highest BCUT2D eigenvalue weighted by Crippen LogP contribution is 2.20. The lowest BCUT2D eigenvalue weighted by molar-refractivity contribution is -0.136. The minimum absolute atomic E-state index is 0.0426. The number of benzene rings is 2. The molecule has 0 aliphatic rings. The van der Waals surface area contributed by atoms with E-state index in [0.717, 1.165) is 16.8 Å². The highest BCUT2D eigenvalue weighted by molar-refractivity contribution is 5.70. The van der Waals surface area contributed by atoms with Gasteiger partial charge in [0.25, 0.3) is 0 Å². The monoisotopic (exact) mass is 270 g/mol. The number of hydrogen-bond donors (Lipinski definition) is 2. The van der Waals surface area contributed by atoms with Gasteiger partial charge in [-0.05, 0) is 29.3 Å². The first-order valence-electron chi connectivity index (χ1n) is 6.41. The van der Waals surface area contributed by atoms with Crippen molar-refractivity contribution in [3.8, 4) is 0 Å². The highest BCUT2D eigenvalue weighted by atomic mass is 16.4. The second-order valence-corrected chi connectivity index (χ2v) is 4.79. The van der Waals surface area contributed by atoms with Crippen LogP contribution in [-0.2, 0) is 17.8 Å². The van der Waals surface area contributed by atoms with E-state index in [9.17, 15) is 4.79 Å². The predicted octanol–water partition coefficient (Wildman–Crippen LogP) is 2.53. The van der Waals surface area contributed by atoms with Crippen LogP contribution >= 0.6 is 0 Å². The lowest BCUT2D eigenvalue weighted by Crippen LogP contribution is -2.18. The van der Waals surface area contributed by atoms with Gasteiger partial charge in [-0.3, -0.25) is 4.79 Å². The average molecular weight is 270 g/mol. The van der Waals surface area contributed by atoms with Crippen molar-refractivity contribution < 1.29 is 9.90 Å². The average Bonchev–Trinajstić information content (AvgIpc) is 2.40. The smallest absolute Gasteiger partial charge is 0.307 e. The van der Waals surface area contributed by atoms with E-state index in [1.54, 1.807) is 0 Å². The molecule has 0 saturated heterocycles. The van der Waals surface area contributed by atoms with E-state index in [-0.39, 0.29) is 6.42 Å². The Morgan fingerprint density at radius 3 is 2.50 bits per heavy atom. The number of carboxylic acids is 1. The second kappa shape index (κ2) is 6.10. The van der Waals surface area contributed by atoms with Crippen molar-refractivity contribution in [2.75, 3.05) is 17.7 Å². The number of rotatable bonds is 5. The van der Waals surface area contributed by atoms with E-state index in [4.69, 9.17) is 10.8 Å². The normalized spacial score (nSPS) is 10.2. The molecule has 4 heteroatoms. The lowest BCUT2D eigenvalue weighted by Gasteiger charge is -2.21. The summed E-state index contributed by atoms with van der Waals surface area (Å²) >= 11 is 0. The van der Waals surface area contributed by atoms with Crippen LogP contribution in [-0.4, -0.2) is 18.1 Å². The molecule has 0 fully saturated rings. The number of anilines is 2. The molecule has 0 bridgehead atoms. The van der Waals surface area contributed by atoms with Crippen molar-refractivity contribution >= 4 is 17.3 Å². The SMILES string of the molecule is CN(Cc1ccccc1CC(=O)O)c1cccc(N)c1. The van der Waals surface area contributed by atoms with E-state index < -0.39 is 5.97 Å². The second-order valence-electron chi connectivity index (χ2n) is 4.79. The molecule has 0 saturated carbocycles. The summed E-state index contributed by atoms with van der Waals surface area (Å²) in [5.41, 5.74) is 9.36. The summed E-state index contributed by atoms with van der Waals surface area (Å²) in [5, 5.41) is 8.95. The van der Waals surface area contributed by atoms with E-state index in [1.165, 1.54) is 0 Å². The molecule has 0 atom stereocenters. The van der Waals surface area contributed by atoms with Crippen molar-refractivity contribution in [2.45, 2.75) is 13.0 Å². The number of carbonyl (C=O) groups is 1. The molecular weight excluding hydrogens is 252 g/mol. The first-order valence-corrected chi connectivity index (χ1v) is 6.41. The topological polar surface area (TPSA) is 66.6 Å². The van der Waals surface area contributed by atoms with Gasteiger partial charge in [-0.25, -0.2) is 0 Å². The summed E-state index contributed by atoms with van der Waals surface area (Å²) in [6, 6.07) is 15.2. The molecule has 20 heavy (non-hydrogen) atoms. The summed E-state index contributed by atoms with van der Waals surface area (Å²) < 4.78 is 0. The molecule has 0 aromatic heterocycles. The minimum Gasteiger partial charge on any atom is -0.481 e. The largest absolute Gasteiger partial charge is 0.481 e. The zero-order valence-corrected chi connectivity index (χ0v) is 11.4. The first-order chi connectivity index (χ1) is 9.56. The minimum atomic E-state index is -0.816. The Morgan fingerprint density at radius 1 is 1.15 bits per heavy atom. The highest BCUT2D eigenvalue weighted by Gasteiger charge is 2.09. The summed E-state index contributed by atoms with van der Waals surface area (Å²) in [5.74, 6) is -0.816. The van der Waals surface area contributed by atoms with Gasteiger partial charge in [0.05, 0.1) is 6.42 Å². The van der Waals surface area contributed by atoms with Gasteiger partial charge in [-0.15, -0.1) is 0 Å². The molecule has 3 N–H and O–H groups in total. The number of aliphatic carboxylic acids is 1. The molecule has 4 nitrogen and oxygen atoms in total. The molecular formula is C16H18N2O2. The van der Waals surface area contributed by atoms with Gasteiger partial charge < -0.3 is 15.7 Å². The van der Waals surface area contributed by atoms with Gasteiger partial charge >= 0.3 is 5.97 Å². The van der Waals surface area contributed by atoms with Crippen molar-refractivity contribution in [3.05, 3.63) is 59.7 Å². The lowest BCUT2D eigenvalue weighted by atomic mass is 10.0. The summed E-state index contributed by atoms with van der Waals surface area (Å²) in [7, 11) is 1.96. The van der Waals surface area contributed by atoms with Crippen LogP contribution in [0.3, 0.4) is 0 Å². The van der Waals surface area contributed by atoms with Crippen molar-refractivity contribution in [2.24, 2.45) is 0 Å². The Hall–Kier alpha value is -2.49. The van der Waals surface area contributed by atoms with Gasteiger partial charge in [0.15, 0.2) is 0 Å². The van der Waals surface area contributed by atoms with E-state index >= 15 is 0 Å². The molecule has 0 heterocycles. The maximum Gasteiger partial charge on any atom is 0.307 e. The summed E-state index contributed by atoms with van der Waals surface area (Å²) in [6.07, 6.45) is 0.0426. The third kappa shape index (κ3) is 3.51. The van der Waals surface area contributed by atoms with Crippen molar-refractivity contribution in [1.82, 2.24) is 0 Å².